The zero-order valence-electron chi connectivity index (χ0n) is 25.1. The number of tetrazole rings is 1. The van der Waals surface area contributed by atoms with Crippen molar-refractivity contribution in [3.8, 4) is 34.5 Å². The minimum absolute atomic E-state index is 0.00593. The van der Waals surface area contributed by atoms with Crippen molar-refractivity contribution in [1.82, 2.24) is 20.6 Å². The Balaban J connectivity index is 1.11. The van der Waals surface area contributed by atoms with Gasteiger partial charge in [0.25, 0.3) is 0 Å². The van der Waals surface area contributed by atoms with E-state index in [1.165, 1.54) is 4.70 Å². The molecule has 0 radical (unpaired) electrons. The molecule has 1 aliphatic rings. The molecular formula is C34H34N4O5S2. The summed E-state index contributed by atoms with van der Waals surface area (Å²) in [5, 5.41) is 28.4. The molecule has 0 aliphatic carbocycles. The van der Waals surface area contributed by atoms with E-state index in [0.29, 0.717) is 24.6 Å². The summed E-state index contributed by atoms with van der Waals surface area (Å²) < 4.78 is 36.8. The molecule has 1 saturated heterocycles. The van der Waals surface area contributed by atoms with Crippen molar-refractivity contribution in [2.75, 3.05) is 18.1 Å². The van der Waals surface area contributed by atoms with Crippen LogP contribution in [0.5, 0.6) is 11.5 Å². The van der Waals surface area contributed by atoms with Crippen molar-refractivity contribution >= 4 is 31.3 Å². The van der Waals surface area contributed by atoms with Gasteiger partial charge in [0.05, 0.1) is 17.4 Å². The Kier molecular flexibility index (Phi) is 8.90. The first kappa shape index (κ1) is 30.8. The van der Waals surface area contributed by atoms with Crippen LogP contribution in [0.15, 0.2) is 66.0 Å². The van der Waals surface area contributed by atoms with E-state index in [2.05, 4.69) is 56.0 Å². The summed E-state index contributed by atoms with van der Waals surface area (Å²) in [5.74, 6) is 8.24. The number of aromatic amines is 1. The second-order valence-electron chi connectivity index (χ2n) is 11.5. The summed E-state index contributed by atoms with van der Waals surface area (Å²) in [4.78, 5) is 0. The molecule has 11 heteroatoms. The second kappa shape index (κ2) is 13.0. The van der Waals surface area contributed by atoms with Gasteiger partial charge in [-0.15, -0.1) is 27.5 Å². The molecule has 6 rings (SSSR count). The van der Waals surface area contributed by atoms with Gasteiger partial charge in [-0.1, -0.05) is 35.4 Å². The number of benzene rings is 3. The number of H-pyrrole nitrogens is 1. The van der Waals surface area contributed by atoms with Crippen LogP contribution in [0.25, 0.3) is 21.2 Å². The average molecular weight is 643 g/mol. The van der Waals surface area contributed by atoms with E-state index in [-0.39, 0.29) is 36.9 Å². The Hall–Kier alpha value is -4.24. The Morgan fingerprint density at radius 3 is 2.51 bits per heavy atom. The smallest absolute Gasteiger partial charge is 0.176 e. The largest absolute Gasteiger partial charge is 0.491 e. The van der Waals surface area contributed by atoms with E-state index in [1.54, 1.807) is 11.3 Å². The van der Waals surface area contributed by atoms with Crippen LogP contribution in [-0.4, -0.2) is 57.9 Å². The molecule has 5 aromatic rings. The topological polar surface area (TPSA) is 127 Å². The molecule has 0 amide bonds. The third-order valence-electron chi connectivity index (χ3n) is 8.17. The van der Waals surface area contributed by atoms with E-state index in [0.717, 1.165) is 39.0 Å². The summed E-state index contributed by atoms with van der Waals surface area (Å²) in [6, 6.07) is 20.3. The molecular weight excluding hydrogens is 609 g/mol. The van der Waals surface area contributed by atoms with Crippen LogP contribution in [0, 0.1) is 18.8 Å². The molecule has 0 spiro atoms. The van der Waals surface area contributed by atoms with E-state index < -0.39 is 15.4 Å². The van der Waals surface area contributed by atoms with Crippen molar-refractivity contribution in [2.24, 2.45) is 0 Å². The highest BCUT2D eigenvalue weighted by Gasteiger charge is 2.36. The summed E-state index contributed by atoms with van der Waals surface area (Å²) in [5.41, 5.74) is 4.32. The SMILES string of the molecule is CC#CC(Cc1nn[nH]n1)c1ccc(OCc2ccc3scc(-c4ccc(OCC5(O)CCS(=O)(=O)CC5)cc4C)c3c2)cc1. The first-order valence-electron chi connectivity index (χ1n) is 14.7. The van der Waals surface area contributed by atoms with E-state index in [4.69, 9.17) is 9.47 Å². The molecule has 2 aromatic heterocycles. The Morgan fingerprint density at radius 1 is 1.02 bits per heavy atom. The van der Waals surface area contributed by atoms with Crippen molar-refractivity contribution < 1.29 is 23.0 Å². The zero-order valence-corrected chi connectivity index (χ0v) is 26.7. The Morgan fingerprint density at radius 2 is 1.80 bits per heavy atom. The lowest BCUT2D eigenvalue weighted by atomic mass is 9.96. The number of nitrogens with one attached hydrogen (secondary N) is 1. The highest BCUT2D eigenvalue weighted by molar-refractivity contribution is 7.91. The summed E-state index contributed by atoms with van der Waals surface area (Å²) in [6.07, 6.45) is 0.969. The molecule has 1 atom stereocenters. The van der Waals surface area contributed by atoms with Crippen molar-refractivity contribution in [3.05, 3.63) is 88.6 Å². The number of thiophene rings is 1. The lowest BCUT2D eigenvalue weighted by molar-refractivity contribution is -0.0128. The number of rotatable bonds is 10. The number of nitrogens with zero attached hydrogens (tertiary/aromatic N) is 3. The molecule has 45 heavy (non-hydrogen) atoms. The van der Waals surface area contributed by atoms with Crippen LogP contribution in [0.2, 0.25) is 0 Å². The summed E-state index contributed by atoms with van der Waals surface area (Å²) in [7, 11) is -3.06. The van der Waals surface area contributed by atoms with Crippen LogP contribution in [-0.2, 0) is 22.9 Å². The Labute approximate surface area is 266 Å². The maximum absolute atomic E-state index is 11.7. The van der Waals surface area contributed by atoms with Gasteiger partial charge in [0.1, 0.15) is 30.3 Å². The normalized spacial score (nSPS) is 16.1. The quantitative estimate of drug-likeness (QED) is 0.188. The number of aliphatic hydroxyl groups is 1. The Bertz CT molecular complexity index is 1950. The lowest BCUT2D eigenvalue weighted by Gasteiger charge is -2.31. The minimum atomic E-state index is -3.06. The maximum Gasteiger partial charge on any atom is 0.176 e. The highest BCUT2D eigenvalue weighted by Crippen LogP contribution is 2.38. The molecule has 3 aromatic carbocycles. The predicted molar refractivity (Wildman–Crippen MR) is 175 cm³/mol. The molecule has 0 saturated carbocycles. The van der Waals surface area contributed by atoms with Crippen LogP contribution < -0.4 is 9.47 Å². The number of fused-ring (bicyclic) bond motifs is 1. The van der Waals surface area contributed by atoms with Crippen LogP contribution in [0.1, 0.15) is 48.2 Å². The monoisotopic (exact) mass is 642 g/mol. The molecule has 1 aliphatic heterocycles. The van der Waals surface area contributed by atoms with Gasteiger partial charge >= 0.3 is 0 Å². The number of sulfone groups is 1. The molecule has 0 bridgehead atoms. The third-order valence-corrected chi connectivity index (χ3v) is 10.8. The second-order valence-corrected chi connectivity index (χ2v) is 14.7. The lowest BCUT2D eigenvalue weighted by Crippen LogP contribution is -2.43. The summed E-state index contributed by atoms with van der Waals surface area (Å²) in [6.45, 7) is 4.37. The highest BCUT2D eigenvalue weighted by atomic mass is 32.2. The van der Waals surface area contributed by atoms with Crippen molar-refractivity contribution in [1.29, 1.82) is 0 Å². The maximum atomic E-state index is 11.7. The van der Waals surface area contributed by atoms with Crippen LogP contribution >= 0.6 is 11.3 Å². The fourth-order valence-electron chi connectivity index (χ4n) is 5.52. The molecule has 232 valence electrons. The van der Waals surface area contributed by atoms with Gasteiger partial charge < -0.3 is 14.6 Å². The standard InChI is InChI=1S/C34H34N4O5S2/c1-3-4-26(19-33-35-37-38-36-33)25-6-8-27(9-7-25)42-20-24-5-12-32-30(18-24)31(21-44-32)29-11-10-28(17-23(29)2)43-22-34(39)13-15-45(40,41)16-14-34/h5-12,17-18,21,26,39H,13-16,19-20,22H2,1-2H3,(H,35,36,37,38). The number of aromatic nitrogens is 4. The van der Waals surface area contributed by atoms with E-state index >= 15 is 0 Å². The van der Waals surface area contributed by atoms with Gasteiger partial charge in [-0.25, -0.2) is 8.42 Å². The van der Waals surface area contributed by atoms with Crippen LogP contribution in [0.4, 0.5) is 0 Å². The number of aryl methyl sites for hydroxylation is 1. The van der Waals surface area contributed by atoms with Gasteiger partial charge in [0.15, 0.2) is 15.7 Å². The van der Waals surface area contributed by atoms with Crippen LogP contribution in [0.3, 0.4) is 0 Å². The van der Waals surface area contributed by atoms with Gasteiger partial charge in [0.2, 0.25) is 0 Å². The molecule has 1 unspecified atom stereocenters. The first-order valence-corrected chi connectivity index (χ1v) is 17.4. The molecule has 2 N–H and O–H groups in total. The zero-order chi connectivity index (χ0) is 31.4. The predicted octanol–water partition coefficient (Wildman–Crippen LogP) is 5.64. The van der Waals surface area contributed by atoms with Gasteiger partial charge in [-0.3, -0.25) is 0 Å². The third kappa shape index (κ3) is 7.36. The molecule has 3 heterocycles. The molecule has 1 fully saturated rings. The fraction of sp³-hybridized carbons (Fsp3) is 0.324. The minimum Gasteiger partial charge on any atom is -0.491 e. The summed E-state index contributed by atoms with van der Waals surface area (Å²) >= 11 is 1.70. The fourth-order valence-corrected chi connectivity index (χ4v) is 8.05. The number of hydrogen-bond acceptors (Lipinski definition) is 9. The van der Waals surface area contributed by atoms with Crippen molar-refractivity contribution in [2.45, 2.75) is 51.2 Å². The number of ether oxygens (including phenoxy) is 2. The van der Waals surface area contributed by atoms with E-state index in [1.807, 2.05) is 56.3 Å². The first-order chi connectivity index (χ1) is 21.7. The van der Waals surface area contributed by atoms with Gasteiger partial charge in [-0.2, -0.15) is 5.21 Å². The number of hydrogen-bond donors (Lipinski definition) is 2. The van der Waals surface area contributed by atoms with Gasteiger partial charge in [-0.05, 0) is 90.7 Å². The molecule has 9 nitrogen and oxygen atoms in total. The van der Waals surface area contributed by atoms with Gasteiger partial charge in [0, 0.05) is 22.1 Å². The van der Waals surface area contributed by atoms with Crippen molar-refractivity contribution in [3.63, 3.8) is 0 Å². The average Bonchev–Trinajstić information content (AvgIpc) is 3.71. The van der Waals surface area contributed by atoms with E-state index in [9.17, 15) is 13.5 Å².